The molecule has 0 heterocycles. The van der Waals surface area contributed by atoms with Crippen molar-refractivity contribution in [1.29, 1.82) is 0 Å². The molecule has 0 saturated heterocycles. The lowest BCUT2D eigenvalue weighted by atomic mass is 10.1. The molecule has 2 aromatic rings. The second kappa shape index (κ2) is 7.58. The number of nitrogens with zero attached hydrogens (tertiary/aromatic N) is 1. The van der Waals surface area contributed by atoms with Crippen molar-refractivity contribution in [3.05, 3.63) is 63.1 Å². The predicted molar refractivity (Wildman–Crippen MR) is 99.3 cm³/mol. The van der Waals surface area contributed by atoms with Crippen molar-refractivity contribution in [1.82, 2.24) is 5.43 Å². The fourth-order valence-electron chi connectivity index (χ4n) is 1.80. The van der Waals surface area contributed by atoms with Gasteiger partial charge < -0.3 is 5.32 Å². The highest BCUT2D eigenvalue weighted by Gasteiger charge is 2.02. The molecule has 0 aliphatic rings. The fourth-order valence-corrected chi connectivity index (χ4v) is 2.42. The first-order valence-electron chi connectivity index (χ1n) is 6.58. The number of aryl methyl sites for hydroxylation is 1. The van der Waals surface area contributed by atoms with E-state index in [9.17, 15) is 0 Å². The lowest BCUT2D eigenvalue weighted by Crippen LogP contribution is -2.24. The Kier molecular flexibility index (Phi) is 5.77. The molecule has 0 bridgehead atoms. The number of nitrogens with one attached hydrogen (secondary N) is 2. The summed E-state index contributed by atoms with van der Waals surface area (Å²) in [6.07, 6.45) is 1.59. The van der Waals surface area contributed by atoms with Gasteiger partial charge in [-0.05, 0) is 55.4 Å². The van der Waals surface area contributed by atoms with Crippen molar-refractivity contribution in [2.24, 2.45) is 5.10 Å². The Morgan fingerprint density at radius 2 is 1.95 bits per heavy atom. The summed E-state index contributed by atoms with van der Waals surface area (Å²) in [4.78, 5) is 0. The molecular weight excluding hydrogens is 337 g/mol. The van der Waals surface area contributed by atoms with Crippen LogP contribution in [0, 0.1) is 13.8 Å². The van der Waals surface area contributed by atoms with Crippen molar-refractivity contribution in [3.63, 3.8) is 0 Å². The number of hydrogen-bond donors (Lipinski definition) is 2. The molecule has 2 rings (SSSR count). The number of hydrazone groups is 1. The summed E-state index contributed by atoms with van der Waals surface area (Å²) in [5.41, 5.74) is 6.83. The zero-order valence-electron chi connectivity index (χ0n) is 12.2. The van der Waals surface area contributed by atoms with E-state index in [1.165, 1.54) is 5.56 Å². The van der Waals surface area contributed by atoms with Crippen molar-refractivity contribution < 1.29 is 0 Å². The van der Waals surface area contributed by atoms with Gasteiger partial charge in [0.05, 0.1) is 11.2 Å². The van der Waals surface area contributed by atoms with Gasteiger partial charge in [0, 0.05) is 16.3 Å². The molecule has 6 heteroatoms. The normalized spacial score (nSPS) is 10.7. The topological polar surface area (TPSA) is 36.4 Å². The molecular formula is C16H15Cl2N3S. The van der Waals surface area contributed by atoms with E-state index in [-0.39, 0.29) is 0 Å². The van der Waals surface area contributed by atoms with E-state index < -0.39 is 0 Å². The Labute approximate surface area is 145 Å². The molecule has 0 unspecified atom stereocenters. The van der Waals surface area contributed by atoms with Crippen LogP contribution in [0.3, 0.4) is 0 Å². The van der Waals surface area contributed by atoms with Crippen LogP contribution in [0.25, 0.3) is 0 Å². The summed E-state index contributed by atoms with van der Waals surface area (Å²) in [6, 6.07) is 11.2. The third kappa shape index (κ3) is 4.44. The molecule has 2 aromatic carbocycles. The maximum Gasteiger partial charge on any atom is 0.191 e. The van der Waals surface area contributed by atoms with Gasteiger partial charge in [-0.3, -0.25) is 5.43 Å². The minimum absolute atomic E-state index is 0.412. The van der Waals surface area contributed by atoms with Crippen LogP contribution >= 0.6 is 35.4 Å². The molecule has 0 spiro atoms. The van der Waals surface area contributed by atoms with Crippen molar-refractivity contribution in [2.45, 2.75) is 13.8 Å². The largest absolute Gasteiger partial charge is 0.331 e. The van der Waals surface area contributed by atoms with E-state index in [2.05, 4.69) is 28.8 Å². The quantitative estimate of drug-likeness (QED) is 0.467. The lowest BCUT2D eigenvalue weighted by Gasteiger charge is -2.11. The number of benzene rings is 2. The molecule has 0 radical (unpaired) electrons. The molecule has 114 valence electrons. The van der Waals surface area contributed by atoms with Crippen molar-refractivity contribution in [3.8, 4) is 0 Å². The third-order valence-electron chi connectivity index (χ3n) is 3.19. The van der Waals surface area contributed by atoms with Crippen LogP contribution in [0.2, 0.25) is 10.0 Å². The fraction of sp³-hybridized carbons (Fsp3) is 0.125. The van der Waals surface area contributed by atoms with Crippen LogP contribution in [0.1, 0.15) is 16.7 Å². The Morgan fingerprint density at radius 1 is 1.18 bits per heavy atom. The Balaban J connectivity index is 1.98. The van der Waals surface area contributed by atoms with E-state index in [0.29, 0.717) is 15.2 Å². The molecule has 0 saturated carbocycles. The number of halogens is 2. The van der Waals surface area contributed by atoms with Gasteiger partial charge in [0.1, 0.15) is 0 Å². The van der Waals surface area contributed by atoms with Crippen LogP contribution < -0.4 is 10.7 Å². The van der Waals surface area contributed by atoms with Crippen LogP contribution in [0.5, 0.6) is 0 Å². The maximum absolute atomic E-state index is 6.06. The standard InChI is InChI=1S/C16H15Cl2N3S/c1-10-4-3-5-15(11(10)2)20-16(22)21-19-9-12-6-7-13(17)8-14(12)18/h3-9H,1-2H3,(H2,20,21,22). The van der Waals surface area contributed by atoms with Gasteiger partial charge >= 0.3 is 0 Å². The zero-order chi connectivity index (χ0) is 16.1. The molecule has 0 aromatic heterocycles. The molecule has 0 aliphatic heterocycles. The second-order valence-electron chi connectivity index (χ2n) is 4.74. The van der Waals surface area contributed by atoms with E-state index >= 15 is 0 Å². The maximum atomic E-state index is 6.06. The molecule has 22 heavy (non-hydrogen) atoms. The number of anilines is 1. The second-order valence-corrected chi connectivity index (χ2v) is 5.99. The minimum atomic E-state index is 0.412. The predicted octanol–water partition coefficient (Wildman–Crippen LogP) is 4.93. The molecule has 2 N–H and O–H groups in total. The van der Waals surface area contributed by atoms with E-state index in [4.69, 9.17) is 35.4 Å². The monoisotopic (exact) mass is 351 g/mol. The average Bonchev–Trinajstić information content (AvgIpc) is 2.46. The van der Waals surface area contributed by atoms with Gasteiger partial charge in [0.2, 0.25) is 0 Å². The van der Waals surface area contributed by atoms with Crippen LogP contribution in [-0.4, -0.2) is 11.3 Å². The van der Waals surface area contributed by atoms with Gasteiger partial charge in [0.25, 0.3) is 0 Å². The Bertz CT molecular complexity index is 729. The van der Waals surface area contributed by atoms with E-state index in [1.54, 1.807) is 24.4 Å². The SMILES string of the molecule is Cc1cccc(NC(=S)NN=Cc2ccc(Cl)cc2Cl)c1C. The van der Waals surface area contributed by atoms with Crippen molar-refractivity contribution >= 4 is 52.4 Å². The first kappa shape index (κ1) is 16.7. The molecule has 0 amide bonds. The number of rotatable bonds is 3. The highest BCUT2D eigenvalue weighted by Crippen LogP contribution is 2.19. The van der Waals surface area contributed by atoms with E-state index in [0.717, 1.165) is 16.8 Å². The van der Waals surface area contributed by atoms with Crippen LogP contribution in [-0.2, 0) is 0 Å². The third-order valence-corrected chi connectivity index (χ3v) is 3.94. The van der Waals surface area contributed by atoms with Gasteiger partial charge in [-0.25, -0.2) is 0 Å². The molecule has 0 aliphatic carbocycles. The summed E-state index contributed by atoms with van der Waals surface area (Å²) in [6.45, 7) is 4.09. The van der Waals surface area contributed by atoms with Gasteiger partial charge in [-0.1, -0.05) is 41.4 Å². The average molecular weight is 352 g/mol. The zero-order valence-corrected chi connectivity index (χ0v) is 14.5. The lowest BCUT2D eigenvalue weighted by molar-refractivity contribution is 1.05. The summed E-state index contributed by atoms with van der Waals surface area (Å²) in [7, 11) is 0. The summed E-state index contributed by atoms with van der Waals surface area (Å²) < 4.78 is 0. The summed E-state index contributed by atoms with van der Waals surface area (Å²) in [5.74, 6) is 0. The Morgan fingerprint density at radius 3 is 2.68 bits per heavy atom. The smallest absolute Gasteiger partial charge is 0.191 e. The summed E-state index contributed by atoms with van der Waals surface area (Å²) in [5, 5.41) is 8.72. The van der Waals surface area contributed by atoms with Crippen molar-refractivity contribution in [2.75, 3.05) is 5.32 Å². The summed E-state index contributed by atoms with van der Waals surface area (Å²) >= 11 is 17.1. The van der Waals surface area contributed by atoms with Crippen LogP contribution in [0.4, 0.5) is 5.69 Å². The molecule has 0 atom stereocenters. The van der Waals surface area contributed by atoms with Gasteiger partial charge in [-0.2, -0.15) is 5.10 Å². The van der Waals surface area contributed by atoms with Gasteiger partial charge in [-0.15, -0.1) is 0 Å². The molecule has 3 nitrogen and oxygen atoms in total. The van der Waals surface area contributed by atoms with Gasteiger partial charge in [0.15, 0.2) is 5.11 Å². The molecule has 0 fully saturated rings. The highest BCUT2D eigenvalue weighted by molar-refractivity contribution is 7.80. The van der Waals surface area contributed by atoms with E-state index in [1.807, 2.05) is 19.1 Å². The first-order chi connectivity index (χ1) is 10.5. The number of hydrogen-bond acceptors (Lipinski definition) is 2. The number of thiocarbonyl (C=S) groups is 1. The Hall–Kier alpha value is -1.62. The highest BCUT2D eigenvalue weighted by atomic mass is 35.5. The van der Waals surface area contributed by atoms with Crippen LogP contribution in [0.15, 0.2) is 41.5 Å². The first-order valence-corrected chi connectivity index (χ1v) is 7.75. The minimum Gasteiger partial charge on any atom is -0.331 e.